The molecule has 4 nitrogen and oxygen atoms in total. The third-order valence-corrected chi connectivity index (χ3v) is 2.57. The second kappa shape index (κ2) is 4.60. The number of carbonyl (C=O) groups excluding carboxylic acids is 1. The highest BCUT2D eigenvalue weighted by atomic mass is 16.1. The third-order valence-electron chi connectivity index (χ3n) is 2.57. The average Bonchev–Trinajstić information content (AvgIpc) is 3.00. The topological polar surface area (TPSA) is 54.9 Å². The molecular formula is C12H17N3O. The highest BCUT2D eigenvalue weighted by Gasteiger charge is 2.24. The van der Waals surface area contributed by atoms with E-state index in [1.54, 1.807) is 0 Å². The van der Waals surface area contributed by atoms with Gasteiger partial charge in [-0.25, -0.2) is 9.97 Å². The van der Waals surface area contributed by atoms with Gasteiger partial charge in [-0.15, -0.1) is 0 Å². The van der Waals surface area contributed by atoms with E-state index in [0.717, 1.165) is 0 Å². The number of amides is 1. The maximum Gasteiger partial charge on any atom is 0.229 e. The Balaban J connectivity index is 1.91. The van der Waals surface area contributed by atoms with E-state index in [2.05, 4.69) is 15.3 Å². The fourth-order valence-corrected chi connectivity index (χ4v) is 1.58. The van der Waals surface area contributed by atoms with Crippen molar-refractivity contribution in [3.8, 4) is 0 Å². The number of nitrogens with zero attached hydrogens (tertiary/aromatic N) is 2. The largest absolute Gasteiger partial charge is 0.295 e. The molecule has 0 aromatic carbocycles. The van der Waals surface area contributed by atoms with Gasteiger partial charge < -0.3 is 0 Å². The predicted octanol–water partition coefficient (Wildman–Crippen LogP) is 2.34. The van der Waals surface area contributed by atoms with Crippen LogP contribution in [0.25, 0.3) is 0 Å². The van der Waals surface area contributed by atoms with Crippen molar-refractivity contribution in [2.45, 2.75) is 39.0 Å². The lowest BCUT2D eigenvalue weighted by atomic mass is 10.1. The van der Waals surface area contributed by atoms with Crippen LogP contribution in [0.3, 0.4) is 0 Å². The van der Waals surface area contributed by atoms with E-state index in [1.165, 1.54) is 18.4 Å². The van der Waals surface area contributed by atoms with Gasteiger partial charge >= 0.3 is 0 Å². The fourth-order valence-electron chi connectivity index (χ4n) is 1.58. The SMILES string of the molecule is CC(C)CC(=O)Nc1ncc(C2CC2)cn1. The molecule has 1 amide bonds. The number of anilines is 1. The number of hydrogen-bond donors (Lipinski definition) is 1. The zero-order valence-corrected chi connectivity index (χ0v) is 9.73. The Morgan fingerprint density at radius 1 is 1.44 bits per heavy atom. The summed E-state index contributed by atoms with van der Waals surface area (Å²) in [5, 5.41) is 2.70. The minimum absolute atomic E-state index is 0.0193. The molecule has 16 heavy (non-hydrogen) atoms. The van der Waals surface area contributed by atoms with Crippen molar-refractivity contribution in [2.75, 3.05) is 5.32 Å². The first-order valence-corrected chi connectivity index (χ1v) is 5.77. The molecule has 1 heterocycles. The lowest BCUT2D eigenvalue weighted by Crippen LogP contribution is -2.15. The first-order chi connectivity index (χ1) is 7.65. The average molecular weight is 219 g/mol. The summed E-state index contributed by atoms with van der Waals surface area (Å²) in [4.78, 5) is 19.8. The molecule has 0 bridgehead atoms. The maximum absolute atomic E-state index is 11.5. The van der Waals surface area contributed by atoms with Gasteiger partial charge in [0, 0.05) is 18.8 Å². The quantitative estimate of drug-likeness (QED) is 0.845. The standard InChI is InChI=1S/C12H17N3O/c1-8(2)5-11(16)15-12-13-6-10(7-14-12)9-3-4-9/h6-9H,3-5H2,1-2H3,(H,13,14,15,16). The number of hydrogen-bond acceptors (Lipinski definition) is 3. The van der Waals surface area contributed by atoms with Gasteiger partial charge in [0.15, 0.2) is 0 Å². The van der Waals surface area contributed by atoms with Crippen LogP contribution in [0, 0.1) is 5.92 Å². The molecule has 1 aromatic heterocycles. The number of rotatable bonds is 4. The monoisotopic (exact) mass is 219 g/mol. The van der Waals surface area contributed by atoms with Gasteiger partial charge in [0.1, 0.15) is 0 Å². The summed E-state index contributed by atoms with van der Waals surface area (Å²) >= 11 is 0. The van der Waals surface area contributed by atoms with E-state index in [4.69, 9.17) is 0 Å². The molecule has 2 rings (SSSR count). The van der Waals surface area contributed by atoms with Gasteiger partial charge in [-0.1, -0.05) is 13.8 Å². The normalized spacial score (nSPS) is 15.2. The Labute approximate surface area is 95.5 Å². The molecule has 0 saturated heterocycles. The Bertz CT molecular complexity index is 368. The van der Waals surface area contributed by atoms with Crippen molar-refractivity contribution in [2.24, 2.45) is 5.92 Å². The van der Waals surface area contributed by atoms with Gasteiger partial charge in [-0.05, 0) is 30.2 Å². The molecule has 0 spiro atoms. The number of carbonyl (C=O) groups is 1. The number of aromatic nitrogens is 2. The molecule has 0 aliphatic heterocycles. The maximum atomic E-state index is 11.5. The van der Waals surface area contributed by atoms with Crippen LogP contribution in [-0.4, -0.2) is 15.9 Å². The van der Waals surface area contributed by atoms with Gasteiger partial charge in [0.25, 0.3) is 0 Å². The predicted molar refractivity (Wildman–Crippen MR) is 62.1 cm³/mol. The molecule has 0 unspecified atom stereocenters. The Kier molecular flexibility index (Phi) is 3.17. The molecule has 1 aromatic rings. The van der Waals surface area contributed by atoms with Crippen LogP contribution >= 0.6 is 0 Å². The van der Waals surface area contributed by atoms with Crippen LogP contribution in [0.1, 0.15) is 44.6 Å². The van der Waals surface area contributed by atoms with Crippen molar-refractivity contribution in [3.05, 3.63) is 18.0 Å². The molecule has 4 heteroatoms. The van der Waals surface area contributed by atoms with E-state index >= 15 is 0 Å². The van der Waals surface area contributed by atoms with Gasteiger partial charge in [-0.3, -0.25) is 10.1 Å². The lowest BCUT2D eigenvalue weighted by Gasteiger charge is -2.05. The van der Waals surface area contributed by atoms with Crippen LogP contribution in [0.15, 0.2) is 12.4 Å². The molecule has 1 fully saturated rings. The van der Waals surface area contributed by atoms with E-state index in [-0.39, 0.29) is 5.91 Å². The molecule has 1 N–H and O–H groups in total. The van der Waals surface area contributed by atoms with Crippen LogP contribution in [0.2, 0.25) is 0 Å². The van der Waals surface area contributed by atoms with Crippen LogP contribution in [0.5, 0.6) is 0 Å². The smallest absolute Gasteiger partial charge is 0.229 e. The molecule has 0 atom stereocenters. The number of nitrogens with one attached hydrogen (secondary N) is 1. The minimum atomic E-state index is -0.0193. The molecular weight excluding hydrogens is 202 g/mol. The van der Waals surface area contributed by atoms with Crippen molar-refractivity contribution in [1.29, 1.82) is 0 Å². The molecule has 1 aliphatic carbocycles. The Morgan fingerprint density at radius 3 is 2.56 bits per heavy atom. The summed E-state index contributed by atoms with van der Waals surface area (Å²) in [5.74, 6) is 1.40. The molecule has 1 aliphatic rings. The Morgan fingerprint density at radius 2 is 2.06 bits per heavy atom. The fraction of sp³-hybridized carbons (Fsp3) is 0.583. The first kappa shape index (κ1) is 11.0. The zero-order chi connectivity index (χ0) is 11.5. The third kappa shape index (κ3) is 3.02. The van der Waals surface area contributed by atoms with Crippen LogP contribution in [0.4, 0.5) is 5.95 Å². The van der Waals surface area contributed by atoms with Gasteiger partial charge in [-0.2, -0.15) is 0 Å². The van der Waals surface area contributed by atoms with Gasteiger partial charge in [0.2, 0.25) is 11.9 Å². The summed E-state index contributed by atoms with van der Waals surface area (Å²) in [5.41, 5.74) is 1.18. The molecule has 1 saturated carbocycles. The summed E-state index contributed by atoms with van der Waals surface area (Å²) in [6.45, 7) is 4.02. The van der Waals surface area contributed by atoms with Crippen molar-refractivity contribution >= 4 is 11.9 Å². The zero-order valence-electron chi connectivity index (χ0n) is 9.73. The van der Waals surface area contributed by atoms with Crippen molar-refractivity contribution in [3.63, 3.8) is 0 Å². The molecule has 0 radical (unpaired) electrons. The highest BCUT2D eigenvalue weighted by Crippen LogP contribution is 2.39. The summed E-state index contributed by atoms with van der Waals surface area (Å²) in [6.07, 6.45) is 6.61. The van der Waals surface area contributed by atoms with E-state index in [9.17, 15) is 4.79 Å². The van der Waals surface area contributed by atoms with Crippen molar-refractivity contribution < 1.29 is 4.79 Å². The highest BCUT2D eigenvalue weighted by molar-refractivity contribution is 5.88. The van der Waals surface area contributed by atoms with E-state index < -0.39 is 0 Å². The second-order valence-corrected chi connectivity index (χ2v) is 4.76. The lowest BCUT2D eigenvalue weighted by molar-refractivity contribution is -0.116. The summed E-state index contributed by atoms with van der Waals surface area (Å²) in [7, 11) is 0. The molecule has 86 valence electrons. The van der Waals surface area contributed by atoms with Crippen molar-refractivity contribution in [1.82, 2.24) is 9.97 Å². The van der Waals surface area contributed by atoms with E-state index in [0.29, 0.717) is 24.2 Å². The Hall–Kier alpha value is -1.45. The summed E-state index contributed by atoms with van der Waals surface area (Å²) in [6, 6.07) is 0. The van der Waals surface area contributed by atoms with Crippen LogP contribution in [-0.2, 0) is 4.79 Å². The van der Waals surface area contributed by atoms with E-state index in [1.807, 2.05) is 26.2 Å². The first-order valence-electron chi connectivity index (χ1n) is 5.77. The van der Waals surface area contributed by atoms with Gasteiger partial charge in [0.05, 0.1) is 0 Å². The van der Waals surface area contributed by atoms with Crippen LogP contribution < -0.4 is 5.32 Å². The minimum Gasteiger partial charge on any atom is -0.295 e. The second-order valence-electron chi connectivity index (χ2n) is 4.76. The summed E-state index contributed by atoms with van der Waals surface area (Å²) < 4.78 is 0.